The molecule has 19 heavy (non-hydrogen) atoms. The van der Waals surface area contributed by atoms with E-state index in [1.165, 1.54) is 11.8 Å². The molecule has 0 fully saturated rings. The van der Waals surface area contributed by atoms with E-state index in [-0.39, 0.29) is 6.54 Å². The van der Waals surface area contributed by atoms with Crippen molar-refractivity contribution in [3.63, 3.8) is 0 Å². The number of nitriles is 1. The summed E-state index contributed by atoms with van der Waals surface area (Å²) in [5.74, 6) is -0.454. The van der Waals surface area contributed by atoms with Crippen LogP contribution in [0, 0.1) is 11.3 Å². The fourth-order valence-electron chi connectivity index (χ4n) is 1.58. The molecular formula is C13H16N2O3S. The lowest BCUT2D eigenvalue weighted by atomic mass is 10.1. The average Bonchev–Trinajstić information content (AvgIpc) is 2.36. The molecule has 0 heterocycles. The normalized spacial score (nSPS) is 12.5. The van der Waals surface area contributed by atoms with Gasteiger partial charge in [0.2, 0.25) is 5.91 Å². The Bertz CT molecular complexity index is 617. The molecule has 0 bridgehead atoms. The van der Waals surface area contributed by atoms with Gasteiger partial charge >= 0.3 is 0 Å². The third-order valence-electron chi connectivity index (χ3n) is 2.84. The molecule has 0 aromatic heterocycles. The Balaban J connectivity index is 2.83. The van der Waals surface area contributed by atoms with E-state index >= 15 is 0 Å². The maximum Gasteiger partial charge on any atom is 0.240 e. The summed E-state index contributed by atoms with van der Waals surface area (Å²) in [4.78, 5) is 13.3. The second-order valence-corrected chi connectivity index (χ2v) is 6.84. The second kappa shape index (κ2) is 5.85. The van der Waals surface area contributed by atoms with E-state index in [1.54, 1.807) is 31.3 Å². The van der Waals surface area contributed by atoms with Crippen LogP contribution in [-0.2, 0) is 21.2 Å². The Kier molecular flexibility index (Phi) is 4.67. The quantitative estimate of drug-likeness (QED) is 0.822. The summed E-state index contributed by atoms with van der Waals surface area (Å²) in [5, 5.41) is 7.73. The fraction of sp³-hybridized carbons (Fsp3) is 0.385. The van der Waals surface area contributed by atoms with Gasteiger partial charge in [0.1, 0.15) is 5.25 Å². The summed E-state index contributed by atoms with van der Waals surface area (Å²) < 4.78 is 22.7. The Morgan fingerprint density at radius 2 is 2.11 bits per heavy atom. The first-order chi connectivity index (χ1) is 8.75. The monoisotopic (exact) mass is 280 g/mol. The van der Waals surface area contributed by atoms with Crippen LogP contribution in [0.2, 0.25) is 0 Å². The minimum absolute atomic E-state index is 0.272. The first kappa shape index (κ1) is 15.2. The molecule has 5 nitrogen and oxygen atoms in total. The van der Waals surface area contributed by atoms with Crippen LogP contribution in [0.5, 0.6) is 0 Å². The zero-order valence-electron chi connectivity index (χ0n) is 11.1. The van der Waals surface area contributed by atoms with Gasteiger partial charge in [0.15, 0.2) is 9.84 Å². The second-order valence-electron chi connectivity index (χ2n) is 4.48. The molecule has 1 unspecified atom stereocenters. The Labute approximate surface area is 113 Å². The van der Waals surface area contributed by atoms with Crippen molar-refractivity contribution in [3.05, 3.63) is 35.4 Å². The molecule has 0 radical (unpaired) electrons. The van der Waals surface area contributed by atoms with E-state index in [1.807, 2.05) is 6.07 Å². The predicted molar refractivity (Wildman–Crippen MR) is 71.9 cm³/mol. The van der Waals surface area contributed by atoms with Crippen molar-refractivity contribution in [1.29, 1.82) is 5.26 Å². The molecule has 102 valence electrons. The summed E-state index contributed by atoms with van der Waals surface area (Å²) in [6, 6.07) is 8.88. The van der Waals surface area contributed by atoms with E-state index in [4.69, 9.17) is 5.26 Å². The summed E-state index contributed by atoms with van der Waals surface area (Å²) in [6.45, 7) is 1.65. The smallest absolute Gasteiger partial charge is 0.240 e. The Hall–Kier alpha value is -1.87. The van der Waals surface area contributed by atoms with Crippen LogP contribution in [0.3, 0.4) is 0 Å². The van der Waals surface area contributed by atoms with E-state index in [0.29, 0.717) is 5.56 Å². The molecule has 0 saturated heterocycles. The van der Waals surface area contributed by atoms with Crippen LogP contribution in [-0.4, -0.2) is 37.8 Å². The van der Waals surface area contributed by atoms with Crippen molar-refractivity contribution in [1.82, 2.24) is 4.90 Å². The van der Waals surface area contributed by atoms with E-state index in [9.17, 15) is 13.2 Å². The van der Waals surface area contributed by atoms with Crippen molar-refractivity contribution >= 4 is 15.7 Å². The fourth-order valence-corrected chi connectivity index (χ4v) is 2.13. The maximum absolute atomic E-state index is 11.9. The van der Waals surface area contributed by atoms with Crippen molar-refractivity contribution < 1.29 is 13.2 Å². The molecule has 1 rings (SSSR count). The van der Waals surface area contributed by atoms with Crippen molar-refractivity contribution in [2.24, 2.45) is 0 Å². The van der Waals surface area contributed by atoms with Crippen molar-refractivity contribution in [2.45, 2.75) is 18.7 Å². The van der Waals surface area contributed by atoms with Crippen LogP contribution in [0.15, 0.2) is 24.3 Å². The highest BCUT2D eigenvalue weighted by Gasteiger charge is 2.26. The Morgan fingerprint density at radius 3 is 2.63 bits per heavy atom. The highest BCUT2D eigenvalue weighted by molar-refractivity contribution is 7.92. The number of nitrogens with zero attached hydrogens (tertiary/aromatic N) is 2. The summed E-state index contributed by atoms with van der Waals surface area (Å²) in [7, 11) is -1.85. The molecule has 1 aromatic rings. The van der Waals surface area contributed by atoms with Crippen LogP contribution >= 0.6 is 0 Å². The van der Waals surface area contributed by atoms with E-state index in [2.05, 4.69) is 0 Å². The molecular weight excluding hydrogens is 264 g/mol. The van der Waals surface area contributed by atoms with Crippen LogP contribution in [0.25, 0.3) is 0 Å². The first-order valence-electron chi connectivity index (χ1n) is 5.68. The molecule has 0 aliphatic rings. The number of carbonyl (C=O) groups excluding carboxylic acids is 1. The number of hydrogen-bond acceptors (Lipinski definition) is 4. The zero-order valence-corrected chi connectivity index (χ0v) is 11.9. The van der Waals surface area contributed by atoms with Gasteiger partial charge in [0, 0.05) is 19.8 Å². The zero-order chi connectivity index (χ0) is 14.6. The number of rotatable bonds is 4. The highest BCUT2D eigenvalue weighted by atomic mass is 32.2. The van der Waals surface area contributed by atoms with Gasteiger partial charge in [-0.2, -0.15) is 5.26 Å². The minimum Gasteiger partial charge on any atom is -0.340 e. The minimum atomic E-state index is -3.40. The maximum atomic E-state index is 11.9. The predicted octanol–water partition coefficient (Wildman–Crippen LogP) is 0.950. The SMILES string of the molecule is CC(C(=O)N(C)Cc1cccc(C#N)c1)S(C)(=O)=O. The standard InChI is InChI=1S/C13H16N2O3S/c1-10(19(3,17)18)13(16)15(2)9-12-6-4-5-11(7-12)8-14/h4-7,10H,9H2,1-3H3. The highest BCUT2D eigenvalue weighted by Crippen LogP contribution is 2.09. The number of carbonyl (C=O) groups is 1. The first-order valence-corrected chi connectivity index (χ1v) is 7.64. The summed E-state index contributed by atoms with van der Waals surface area (Å²) in [5.41, 5.74) is 1.30. The van der Waals surface area contributed by atoms with Crippen LogP contribution in [0.4, 0.5) is 0 Å². The number of sulfone groups is 1. The van der Waals surface area contributed by atoms with Gasteiger partial charge in [-0.05, 0) is 24.6 Å². The number of amides is 1. The van der Waals surface area contributed by atoms with Crippen molar-refractivity contribution in [2.75, 3.05) is 13.3 Å². The summed E-state index contributed by atoms with van der Waals surface area (Å²) >= 11 is 0. The lowest BCUT2D eigenvalue weighted by molar-refractivity contribution is -0.129. The number of hydrogen-bond donors (Lipinski definition) is 0. The molecule has 1 atom stereocenters. The van der Waals surface area contributed by atoms with Gasteiger partial charge < -0.3 is 4.90 Å². The van der Waals surface area contributed by atoms with Gasteiger partial charge in [0.25, 0.3) is 0 Å². The molecule has 0 aliphatic carbocycles. The largest absolute Gasteiger partial charge is 0.340 e. The van der Waals surface area contributed by atoms with E-state index < -0.39 is 21.0 Å². The van der Waals surface area contributed by atoms with E-state index in [0.717, 1.165) is 11.8 Å². The summed E-state index contributed by atoms with van der Waals surface area (Å²) in [6.07, 6.45) is 1.04. The lowest BCUT2D eigenvalue weighted by Gasteiger charge is -2.20. The molecule has 0 spiro atoms. The van der Waals surface area contributed by atoms with Gasteiger partial charge in [-0.25, -0.2) is 8.42 Å². The topological polar surface area (TPSA) is 78.2 Å². The molecule has 0 N–H and O–H groups in total. The van der Waals surface area contributed by atoms with Crippen LogP contribution < -0.4 is 0 Å². The average molecular weight is 280 g/mol. The number of benzene rings is 1. The third-order valence-corrected chi connectivity index (χ3v) is 4.33. The molecule has 0 saturated carbocycles. The lowest BCUT2D eigenvalue weighted by Crippen LogP contribution is -2.38. The van der Waals surface area contributed by atoms with Gasteiger partial charge in [-0.3, -0.25) is 4.79 Å². The molecule has 0 aliphatic heterocycles. The van der Waals surface area contributed by atoms with Crippen LogP contribution in [0.1, 0.15) is 18.1 Å². The molecule has 1 aromatic carbocycles. The Morgan fingerprint density at radius 1 is 1.47 bits per heavy atom. The molecule has 6 heteroatoms. The third kappa shape index (κ3) is 4.07. The molecule has 1 amide bonds. The van der Waals surface area contributed by atoms with Gasteiger partial charge in [0.05, 0.1) is 11.6 Å². The van der Waals surface area contributed by atoms with Gasteiger partial charge in [-0.1, -0.05) is 12.1 Å². The van der Waals surface area contributed by atoms with Crippen molar-refractivity contribution in [3.8, 4) is 6.07 Å². The van der Waals surface area contributed by atoms with Gasteiger partial charge in [-0.15, -0.1) is 0 Å².